The Balaban J connectivity index is 2.37. The molecule has 24 heavy (non-hydrogen) atoms. The first-order valence-corrected chi connectivity index (χ1v) is 8.44. The highest BCUT2D eigenvalue weighted by atomic mass is 35.5. The molecule has 0 aliphatic heterocycles. The molecule has 0 fully saturated rings. The minimum atomic E-state index is -0.879. The molecule has 0 spiro atoms. The van der Waals surface area contributed by atoms with Gasteiger partial charge in [-0.25, -0.2) is 0 Å². The molecule has 6 heteroatoms. The highest BCUT2D eigenvalue weighted by Gasteiger charge is 2.29. The van der Waals surface area contributed by atoms with E-state index in [9.17, 15) is 15.0 Å². The standard InChI is InChI=1S/C18H19Cl2NO3/c1-2-11(18(23)24)8-16(13-7-15(20)10-21-9-13)17(22)12-3-5-14(19)6-4-12/h3-7,9-11,16-17,22H,2,8H2,1H3,(H,23,24)/t11?,16-,17+/m0/s1. The number of nitrogens with zero attached hydrogens (tertiary/aromatic N) is 1. The Bertz CT molecular complexity index is 691. The molecule has 0 amide bonds. The Morgan fingerprint density at radius 3 is 2.33 bits per heavy atom. The van der Waals surface area contributed by atoms with Crippen LogP contribution >= 0.6 is 23.2 Å². The lowest BCUT2D eigenvalue weighted by atomic mass is 9.82. The number of benzene rings is 1. The molecule has 3 atom stereocenters. The van der Waals surface area contributed by atoms with Crippen molar-refractivity contribution in [3.8, 4) is 0 Å². The third-order valence-corrected chi connectivity index (χ3v) is 4.59. The van der Waals surface area contributed by atoms with Crippen LogP contribution in [-0.2, 0) is 4.79 Å². The minimum Gasteiger partial charge on any atom is -0.481 e. The van der Waals surface area contributed by atoms with E-state index in [4.69, 9.17) is 23.2 Å². The van der Waals surface area contributed by atoms with Crippen molar-refractivity contribution in [1.82, 2.24) is 4.98 Å². The molecule has 2 aromatic rings. The van der Waals surface area contributed by atoms with Gasteiger partial charge in [-0.15, -0.1) is 0 Å². The van der Waals surface area contributed by atoms with Gasteiger partial charge in [-0.05, 0) is 42.2 Å². The molecule has 0 aliphatic rings. The van der Waals surface area contributed by atoms with Gasteiger partial charge in [0.1, 0.15) is 0 Å². The topological polar surface area (TPSA) is 70.4 Å². The average molecular weight is 368 g/mol. The van der Waals surface area contributed by atoms with Crippen LogP contribution in [-0.4, -0.2) is 21.2 Å². The number of pyridine rings is 1. The highest BCUT2D eigenvalue weighted by Crippen LogP contribution is 2.37. The van der Waals surface area contributed by atoms with E-state index in [1.165, 1.54) is 6.20 Å². The summed E-state index contributed by atoms with van der Waals surface area (Å²) in [4.78, 5) is 15.5. The Morgan fingerprint density at radius 1 is 1.12 bits per heavy atom. The molecular weight excluding hydrogens is 349 g/mol. The van der Waals surface area contributed by atoms with Crippen LogP contribution in [0.25, 0.3) is 0 Å². The summed E-state index contributed by atoms with van der Waals surface area (Å²) >= 11 is 11.9. The summed E-state index contributed by atoms with van der Waals surface area (Å²) in [5.74, 6) is -1.87. The number of carboxylic acids is 1. The average Bonchev–Trinajstić information content (AvgIpc) is 2.55. The molecule has 0 bridgehead atoms. The van der Waals surface area contributed by atoms with Gasteiger partial charge in [-0.2, -0.15) is 0 Å². The number of aliphatic hydroxyl groups is 1. The fraction of sp³-hybridized carbons (Fsp3) is 0.333. The van der Waals surface area contributed by atoms with E-state index in [-0.39, 0.29) is 6.42 Å². The van der Waals surface area contributed by atoms with E-state index in [2.05, 4.69) is 4.98 Å². The van der Waals surface area contributed by atoms with Gasteiger partial charge < -0.3 is 10.2 Å². The van der Waals surface area contributed by atoms with Crippen LogP contribution in [0.3, 0.4) is 0 Å². The molecule has 0 radical (unpaired) electrons. The predicted octanol–water partition coefficient (Wildman–Crippen LogP) is 4.71. The molecule has 1 unspecified atom stereocenters. The fourth-order valence-electron chi connectivity index (χ4n) is 2.72. The first-order chi connectivity index (χ1) is 11.4. The zero-order chi connectivity index (χ0) is 17.7. The predicted molar refractivity (Wildman–Crippen MR) is 94.4 cm³/mol. The fourth-order valence-corrected chi connectivity index (χ4v) is 3.03. The zero-order valence-electron chi connectivity index (χ0n) is 13.2. The quantitative estimate of drug-likeness (QED) is 0.743. The highest BCUT2D eigenvalue weighted by molar-refractivity contribution is 6.30. The summed E-state index contributed by atoms with van der Waals surface area (Å²) in [6.45, 7) is 1.82. The van der Waals surface area contributed by atoms with Crippen molar-refractivity contribution in [3.63, 3.8) is 0 Å². The van der Waals surface area contributed by atoms with Crippen LogP contribution in [0.2, 0.25) is 10.0 Å². The van der Waals surface area contributed by atoms with E-state index in [1.807, 2.05) is 6.92 Å². The first-order valence-electron chi connectivity index (χ1n) is 7.69. The molecule has 0 saturated carbocycles. The van der Waals surface area contributed by atoms with Gasteiger partial charge >= 0.3 is 5.97 Å². The first kappa shape index (κ1) is 18.7. The molecule has 2 rings (SSSR count). The smallest absolute Gasteiger partial charge is 0.306 e. The third kappa shape index (κ3) is 4.69. The molecule has 4 nitrogen and oxygen atoms in total. The second kappa shape index (κ2) is 8.47. The lowest BCUT2D eigenvalue weighted by molar-refractivity contribution is -0.142. The monoisotopic (exact) mass is 367 g/mol. The van der Waals surface area contributed by atoms with Gasteiger partial charge in [0, 0.05) is 23.3 Å². The summed E-state index contributed by atoms with van der Waals surface area (Å²) < 4.78 is 0. The molecule has 2 N–H and O–H groups in total. The van der Waals surface area contributed by atoms with Crippen molar-refractivity contribution in [1.29, 1.82) is 0 Å². The van der Waals surface area contributed by atoms with Gasteiger partial charge in [0.2, 0.25) is 0 Å². The van der Waals surface area contributed by atoms with Crippen molar-refractivity contribution >= 4 is 29.2 Å². The Kier molecular flexibility index (Phi) is 6.60. The molecule has 1 aromatic carbocycles. The zero-order valence-corrected chi connectivity index (χ0v) is 14.7. The molecule has 128 valence electrons. The number of halogens is 2. The lowest BCUT2D eigenvalue weighted by Crippen LogP contribution is -2.20. The van der Waals surface area contributed by atoms with Crippen molar-refractivity contribution in [2.75, 3.05) is 0 Å². The third-order valence-electron chi connectivity index (χ3n) is 4.13. The number of rotatable bonds is 7. The summed E-state index contributed by atoms with van der Waals surface area (Å²) in [7, 11) is 0. The number of hydrogen-bond donors (Lipinski definition) is 2. The van der Waals surface area contributed by atoms with Crippen molar-refractivity contribution in [3.05, 3.63) is 63.9 Å². The van der Waals surface area contributed by atoms with Crippen LogP contribution in [0.1, 0.15) is 42.9 Å². The number of carboxylic acid groups (broad SMARTS) is 1. The van der Waals surface area contributed by atoms with Gasteiger partial charge in [0.15, 0.2) is 0 Å². The van der Waals surface area contributed by atoms with Crippen molar-refractivity contribution < 1.29 is 15.0 Å². The number of aliphatic carboxylic acids is 1. The van der Waals surface area contributed by atoms with Crippen LogP contribution < -0.4 is 0 Å². The second-order valence-electron chi connectivity index (χ2n) is 5.72. The minimum absolute atomic E-state index is 0.289. The largest absolute Gasteiger partial charge is 0.481 e. The maximum atomic E-state index is 11.4. The van der Waals surface area contributed by atoms with E-state index < -0.39 is 23.9 Å². The summed E-state index contributed by atoms with van der Waals surface area (Å²) in [6.07, 6.45) is 3.01. The van der Waals surface area contributed by atoms with E-state index in [0.29, 0.717) is 27.6 Å². The molecule has 1 heterocycles. The normalized spacial score (nSPS) is 14.8. The molecule has 0 aliphatic carbocycles. The van der Waals surface area contributed by atoms with Gasteiger partial charge in [0.25, 0.3) is 0 Å². The number of carbonyl (C=O) groups is 1. The van der Waals surface area contributed by atoms with E-state index in [0.717, 1.165) is 0 Å². The summed E-state index contributed by atoms with van der Waals surface area (Å²) in [5, 5.41) is 21.2. The lowest BCUT2D eigenvalue weighted by Gasteiger charge is -2.26. The number of aliphatic hydroxyl groups excluding tert-OH is 1. The van der Waals surface area contributed by atoms with Crippen LogP contribution in [0.5, 0.6) is 0 Å². The summed E-state index contributed by atoms with van der Waals surface area (Å²) in [5.41, 5.74) is 1.38. The van der Waals surface area contributed by atoms with Gasteiger partial charge in [-0.3, -0.25) is 9.78 Å². The maximum Gasteiger partial charge on any atom is 0.306 e. The Hall–Kier alpha value is -1.62. The maximum absolute atomic E-state index is 11.4. The Morgan fingerprint density at radius 2 is 1.79 bits per heavy atom. The number of hydrogen-bond acceptors (Lipinski definition) is 3. The van der Waals surface area contributed by atoms with E-state index in [1.54, 1.807) is 36.5 Å². The Labute approximate surface area is 151 Å². The van der Waals surface area contributed by atoms with Crippen molar-refractivity contribution in [2.24, 2.45) is 5.92 Å². The SMILES string of the molecule is CCC(C[C@@H](c1cncc(Cl)c1)[C@H](O)c1ccc(Cl)cc1)C(=O)O. The molecular formula is C18H19Cl2NO3. The molecule has 0 saturated heterocycles. The van der Waals surface area contributed by atoms with Gasteiger partial charge in [-0.1, -0.05) is 42.3 Å². The van der Waals surface area contributed by atoms with Gasteiger partial charge in [0.05, 0.1) is 17.0 Å². The summed E-state index contributed by atoms with van der Waals surface area (Å²) in [6, 6.07) is 8.58. The van der Waals surface area contributed by atoms with Crippen molar-refractivity contribution in [2.45, 2.75) is 31.8 Å². The number of aromatic nitrogens is 1. The second-order valence-corrected chi connectivity index (χ2v) is 6.59. The van der Waals surface area contributed by atoms with E-state index >= 15 is 0 Å². The van der Waals surface area contributed by atoms with Crippen LogP contribution in [0.15, 0.2) is 42.7 Å². The van der Waals surface area contributed by atoms with Crippen LogP contribution in [0.4, 0.5) is 0 Å². The van der Waals surface area contributed by atoms with Crippen LogP contribution in [0, 0.1) is 5.92 Å². The molecule has 1 aromatic heterocycles.